The highest BCUT2D eigenvalue weighted by Crippen LogP contribution is 2.40. The number of nitrogens with zero attached hydrogens (tertiary/aromatic N) is 2. The van der Waals surface area contributed by atoms with E-state index in [0.29, 0.717) is 11.5 Å². The SMILES string of the molecule is c1ccc(-c2ccc(-c3ccc(N(c4ccccc4)c4ccc5oc6cc7oc(-c8ccccc8)nc7cc6c5c4)cc3)cc2)cc1. The molecule has 7 aromatic carbocycles. The van der Waals surface area contributed by atoms with Gasteiger partial charge >= 0.3 is 0 Å². The van der Waals surface area contributed by atoms with Crippen LogP contribution in [0.3, 0.4) is 0 Å². The average Bonchev–Trinajstić information content (AvgIpc) is 3.73. The van der Waals surface area contributed by atoms with Crippen LogP contribution in [0.2, 0.25) is 0 Å². The molecule has 0 radical (unpaired) electrons. The number of fused-ring (bicyclic) bond motifs is 4. The number of benzene rings is 7. The lowest BCUT2D eigenvalue weighted by molar-refractivity contribution is 0.617. The van der Waals surface area contributed by atoms with Crippen LogP contribution < -0.4 is 4.90 Å². The summed E-state index contributed by atoms with van der Waals surface area (Å²) in [6.45, 7) is 0. The molecule has 9 rings (SSSR count). The molecule has 0 aliphatic carbocycles. The van der Waals surface area contributed by atoms with E-state index in [1.807, 2.05) is 54.6 Å². The van der Waals surface area contributed by atoms with Gasteiger partial charge in [-0.15, -0.1) is 0 Å². The summed E-state index contributed by atoms with van der Waals surface area (Å²) in [5, 5.41) is 2.03. The van der Waals surface area contributed by atoms with E-state index in [-0.39, 0.29) is 0 Å². The highest BCUT2D eigenvalue weighted by atomic mass is 16.4. The predicted molar refractivity (Wildman–Crippen MR) is 192 cm³/mol. The van der Waals surface area contributed by atoms with E-state index in [0.717, 1.165) is 50.1 Å². The van der Waals surface area contributed by atoms with Crippen LogP contribution in [0.1, 0.15) is 0 Å². The summed E-state index contributed by atoms with van der Waals surface area (Å²) in [4.78, 5) is 7.09. The Morgan fingerprint density at radius 2 is 0.872 bits per heavy atom. The van der Waals surface area contributed by atoms with E-state index in [1.165, 1.54) is 22.3 Å². The van der Waals surface area contributed by atoms with E-state index in [1.54, 1.807) is 0 Å². The number of furan rings is 1. The Labute approximate surface area is 271 Å². The average molecular weight is 605 g/mol. The van der Waals surface area contributed by atoms with Crippen molar-refractivity contribution in [2.45, 2.75) is 0 Å². The van der Waals surface area contributed by atoms with E-state index in [2.05, 4.69) is 120 Å². The van der Waals surface area contributed by atoms with Gasteiger partial charge in [0.05, 0.1) is 0 Å². The normalized spacial score (nSPS) is 11.4. The Balaban J connectivity index is 1.10. The Kier molecular flexibility index (Phi) is 6.43. The molecular weight excluding hydrogens is 576 g/mol. The summed E-state index contributed by atoms with van der Waals surface area (Å²) < 4.78 is 12.4. The fourth-order valence-corrected chi connectivity index (χ4v) is 6.34. The lowest BCUT2D eigenvalue weighted by Gasteiger charge is -2.25. The summed E-state index contributed by atoms with van der Waals surface area (Å²) in [7, 11) is 0. The molecule has 9 aromatic rings. The van der Waals surface area contributed by atoms with Gasteiger partial charge in [-0.2, -0.15) is 0 Å². The monoisotopic (exact) mass is 604 g/mol. The molecule has 4 nitrogen and oxygen atoms in total. The van der Waals surface area contributed by atoms with Crippen LogP contribution in [0.15, 0.2) is 179 Å². The largest absolute Gasteiger partial charge is 0.456 e. The van der Waals surface area contributed by atoms with Crippen molar-refractivity contribution < 1.29 is 8.83 Å². The van der Waals surface area contributed by atoms with Gasteiger partial charge in [0, 0.05) is 39.5 Å². The number of rotatable bonds is 6. The molecule has 0 saturated carbocycles. The first kappa shape index (κ1) is 27.0. The third-order valence-corrected chi connectivity index (χ3v) is 8.71. The number of oxazole rings is 1. The summed E-state index contributed by atoms with van der Waals surface area (Å²) in [5.41, 5.74) is 12.0. The second-order valence-electron chi connectivity index (χ2n) is 11.6. The van der Waals surface area contributed by atoms with Crippen molar-refractivity contribution in [3.8, 4) is 33.7 Å². The van der Waals surface area contributed by atoms with Crippen LogP contribution in [0.25, 0.3) is 66.7 Å². The number of para-hydroxylation sites is 1. The molecule has 0 spiro atoms. The number of anilines is 3. The highest BCUT2D eigenvalue weighted by molar-refractivity contribution is 6.10. The molecule has 2 aromatic heterocycles. The number of hydrogen-bond acceptors (Lipinski definition) is 4. The van der Waals surface area contributed by atoms with E-state index < -0.39 is 0 Å². The predicted octanol–water partition coefficient (Wildman–Crippen LogP) is 12.2. The first-order valence-electron chi connectivity index (χ1n) is 15.7. The molecule has 0 N–H and O–H groups in total. The molecule has 0 unspecified atom stereocenters. The molecule has 4 heteroatoms. The first-order valence-corrected chi connectivity index (χ1v) is 15.7. The van der Waals surface area contributed by atoms with Gasteiger partial charge in [-0.05, 0) is 82.9 Å². The zero-order chi connectivity index (χ0) is 31.2. The topological polar surface area (TPSA) is 42.4 Å². The Morgan fingerprint density at radius 1 is 0.362 bits per heavy atom. The van der Waals surface area contributed by atoms with Crippen molar-refractivity contribution in [1.82, 2.24) is 4.98 Å². The van der Waals surface area contributed by atoms with Crippen LogP contribution in [0.4, 0.5) is 17.1 Å². The first-order chi connectivity index (χ1) is 23.3. The molecule has 222 valence electrons. The second-order valence-corrected chi connectivity index (χ2v) is 11.6. The minimum absolute atomic E-state index is 0.601. The van der Waals surface area contributed by atoms with Gasteiger partial charge in [0.2, 0.25) is 5.89 Å². The molecule has 0 amide bonds. The molecule has 0 aliphatic rings. The van der Waals surface area contributed by atoms with Gasteiger partial charge < -0.3 is 13.7 Å². The standard InChI is InChI=1S/C43H28N2O2/c1-4-10-29(11-5-1)30-16-18-31(19-17-30)32-20-22-35(23-21-32)45(34-14-8-3-9-15-34)36-24-25-40-37(26-36)38-27-39-42(28-41(38)46-40)47-43(44-39)33-12-6-2-7-13-33/h1-28H. The van der Waals surface area contributed by atoms with E-state index in [9.17, 15) is 0 Å². The van der Waals surface area contributed by atoms with Gasteiger partial charge in [0.25, 0.3) is 0 Å². The quantitative estimate of drug-likeness (QED) is 0.189. The zero-order valence-corrected chi connectivity index (χ0v) is 25.4. The summed E-state index contributed by atoms with van der Waals surface area (Å²) in [5.74, 6) is 0.601. The van der Waals surface area contributed by atoms with Crippen molar-refractivity contribution >= 4 is 50.1 Å². The van der Waals surface area contributed by atoms with E-state index >= 15 is 0 Å². The Morgan fingerprint density at radius 3 is 1.53 bits per heavy atom. The minimum atomic E-state index is 0.601. The van der Waals surface area contributed by atoms with E-state index in [4.69, 9.17) is 13.8 Å². The van der Waals surface area contributed by atoms with Crippen LogP contribution >= 0.6 is 0 Å². The van der Waals surface area contributed by atoms with Crippen LogP contribution in [-0.4, -0.2) is 4.98 Å². The molecule has 47 heavy (non-hydrogen) atoms. The van der Waals surface area contributed by atoms with Gasteiger partial charge in [0.1, 0.15) is 16.7 Å². The lowest BCUT2D eigenvalue weighted by atomic mass is 10.00. The van der Waals surface area contributed by atoms with Crippen LogP contribution in [0, 0.1) is 0 Å². The molecular formula is C43H28N2O2. The Bertz CT molecular complexity index is 2480. The van der Waals surface area contributed by atoms with Gasteiger partial charge in [-0.3, -0.25) is 0 Å². The van der Waals surface area contributed by atoms with Crippen molar-refractivity contribution in [3.63, 3.8) is 0 Å². The Hall–Kier alpha value is -6.39. The lowest BCUT2D eigenvalue weighted by Crippen LogP contribution is -2.09. The molecule has 0 bridgehead atoms. The second kappa shape index (κ2) is 11.2. The third kappa shape index (κ3) is 4.93. The highest BCUT2D eigenvalue weighted by Gasteiger charge is 2.17. The van der Waals surface area contributed by atoms with Crippen molar-refractivity contribution in [2.75, 3.05) is 4.90 Å². The van der Waals surface area contributed by atoms with Crippen molar-refractivity contribution in [1.29, 1.82) is 0 Å². The molecule has 2 heterocycles. The van der Waals surface area contributed by atoms with Crippen LogP contribution in [-0.2, 0) is 0 Å². The number of aromatic nitrogens is 1. The fraction of sp³-hybridized carbons (Fsp3) is 0. The molecule has 0 fully saturated rings. The molecule has 0 atom stereocenters. The van der Waals surface area contributed by atoms with Crippen molar-refractivity contribution in [3.05, 3.63) is 170 Å². The summed E-state index contributed by atoms with van der Waals surface area (Å²) in [6.07, 6.45) is 0. The number of hydrogen-bond donors (Lipinski definition) is 0. The third-order valence-electron chi connectivity index (χ3n) is 8.71. The summed E-state index contributed by atoms with van der Waals surface area (Å²) in [6, 6.07) is 58.8. The van der Waals surface area contributed by atoms with Gasteiger partial charge in [-0.25, -0.2) is 4.98 Å². The van der Waals surface area contributed by atoms with Gasteiger partial charge in [-0.1, -0.05) is 103 Å². The molecule has 0 saturated heterocycles. The molecule has 0 aliphatic heterocycles. The minimum Gasteiger partial charge on any atom is -0.456 e. The summed E-state index contributed by atoms with van der Waals surface area (Å²) >= 11 is 0. The zero-order valence-electron chi connectivity index (χ0n) is 25.4. The maximum Gasteiger partial charge on any atom is 0.227 e. The maximum absolute atomic E-state index is 6.32. The fourth-order valence-electron chi connectivity index (χ4n) is 6.34. The van der Waals surface area contributed by atoms with Crippen LogP contribution in [0.5, 0.6) is 0 Å². The smallest absolute Gasteiger partial charge is 0.227 e. The van der Waals surface area contributed by atoms with Crippen molar-refractivity contribution in [2.24, 2.45) is 0 Å². The maximum atomic E-state index is 6.32. The van der Waals surface area contributed by atoms with Gasteiger partial charge in [0.15, 0.2) is 5.58 Å².